The molecule has 4 aliphatic rings. The molecule has 1 aromatic rings. The molecule has 0 spiro atoms. The molecule has 1 amide bonds. The first-order valence-electron chi connectivity index (χ1n) is 7.48. The van der Waals surface area contributed by atoms with Crippen LogP contribution in [0.1, 0.15) is 29.8 Å². The van der Waals surface area contributed by atoms with E-state index in [1.54, 1.807) is 0 Å². The van der Waals surface area contributed by atoms with E-state index in [2.05, 4.69) is 20.5 Å². The van der Waals surface area contributed by atoms with Gasteiger partial charge in [0.2, 0.25) is 0 Å². The Morgan fingerprint density at radius 1 is 1.30 bits per heavy atom. The summed E-state index contributed by atoms with van der Waals surface area (Å²) < 4.78 is 0. The van der Waals surface area contributed by atoms with Gasteiger partial charge in [-0.2, -0.15) is 0 Å². The molecule has 5 nitrogen and oxygen atoms in total. The average molecular weight is 272 g/mol. The summed E-state index contributed by atoms with van der Waals surface area (Å²) in [4.78, 5) is 18.8. The second kappa shape index (κ2) is 4.45. The predicted octanol–water partition coefficient (Wildman–Crippen LogP) is 0.773. The van der Waals surface area contributed by atoms with Crippen LogP contribution < -0.4 is 15.5 Å². The fourth-order valence-corrected chi connectivity index (χ4v) is 3.57. The molecule has 0 unspecified atom stereocenters. The minimum Gasteiger partial charge on any atom is -0.368 e. The molecule has 1 saturated heterocycles. The molecule has 2 heterocycles. The zero-order chi connectivity index (χ0) is 13.6. The monoisotopic (exact) mass is 272 g/mol. The van der Waals surface area contributed by atoms with Gasteiger partial charge in [-0.3, -0.25) is 4.79 Å². The highest BCUT2D eigenvalue weighted by molar-refractivity contribution is 5.93. The van der Waals surface area contributed by atoms with Crippen molar-refractivity contribution >= 4 is 11.6 Å². The number of aromatic nitrogens is 1. The molecule has 5 heteroatoms. The largest absolute Gasteiger partial charge is 0.368 e. The fourth-order valence-electron chi connectivity index (χ4n) is 3.57. The van der Waals surface area contributed by atoms with Crippen LogP contribution in [0.5, 0.6) is 0 Å². The summed E-state index contributed by atoms with van der Waals surface area (Å²) in [5, 5.41) is 6.48. The van der Waals surface area contributed by atoms with Gasteiger partial charge in [0.05, 0.1) is 11.9 Å². The van der Waals surface area contributed by atoms with Gasteiger partial charge < -0.3 is 15.5 Å². The van der Waals surface area contributed by atoms with Gasteiger partial charge in [-0.05, 0) is 37.3 Å². The number of nitrogens with zero attached hydrogens (tertiary/aromatic N) is 2. The lowest BCUT2D eigenvalue weighted by atomic mass is 9.50. The molecule has 3 aliphatic carbocycles. The molecule has 2 N–H and O–H groups in total. The lowest BCUT2D eigenvalue weighted by Gasteiger charge is -2.61. The SMILES string of the molecule is O=C(NC12CC(C1)C2)c1ccc(N2CCNCC2)cn1. The van der Waals surface area contributed by atoms with Crippen LogP contribution in [0.4, 0.5) is 5.69 Å². The number of nitrogens with one attached hydrogen (secondary N) is 2. The second-order valence-electron chi connectivity index (χ2n) is 6.35. The van der Waals surface area contributed by atoms with Crippen molar-refractivity contribution in [1.82, 2.24) is 15.6 Å². The van der Waals surface area contributed by atoms with Crippen LogP contribution in [0.2, 0.25) is 0 Å². The third-order valence-electron chi connectivity index (χ3n) is 4.88. The van der Waals surface area contributed by atoms with Gasteiger partial charge in [-0.15, -0.1) is 0 Å². The van der Waals surface area contributed by atoms with E-state index in [0.717, 1.165) is 57.0 Å². The molecule has 0 atom stereocenters. The highest BCUT2D eigenvalue weighted by atomic mass is 16.2. The molecule has 20 heavy (non-hydrogen) atoms. The predicted molar refractivity (Wildman–Crippen MR) is 76.9 cm³/mol. The average Bonchev–Trinajstić information content (AvgIpc) is 2.42. The third kappa shape index (κ3) is 1.97. The molecule has 3 saturated carbocycles. The van der Waals surface area contributed by atoms with Crippen molar-refractivity contribution in [2.24, 2.45) is 5.92 Å². The summed E-state index contributed by atoms with van der Waals surface area (Å²) in [6.45, 7) is 4.01. The molecule has 5 rings (SSSR count). The highest BCUT2D eigenvalue weighted by Gasteiger charge is 2.57. The highest BCUT2D eigenvalue weighted by Crippen LogP contribution is 2.56. The number of rotatable bonds is 3. The van der Waals surface area contributed by atoms with E-state index >= 15 is 0 Å². The van der Waals surface area contributed by atoms with E-state index in [1.807, 2.05) is 18.3 Å². The quantitative estimate of drug-likeness (QED) is 0.853. The van der Waals surface area contributed by atoms with E-state index in [0.29, 0.717) is 5.69 Å². The Hall–Kier alpha value is -1.62. The second-order valence-corrected chi connectivity index (χ2v) is 6.35. The first-order valence-corrected chi connectivity index (χ1v) is 7.48. The number of carbonyl (C=O) groups is 1. The number of hydrogen-bond donors (Lipinski definition) is 2. The van der Waals surface area contributed by atoms with Crippen LogP contribution in [-0.4, -0.2) is 42.6 Å². The lowest BCUT2D eigenvalue weighted by Crippen LogP contribution is -2.68. The van der Waals surface area contributed by atoms with Crippen LogP contribution in [0.3, 0.4) is 0 Å². The van der Waals surface area contributed by atoms with E-state index in [1.165, 1.54) is 0 Å². The standard InChI is InChI=1S/C15H20N4O/c20-14(18-15-7-11(8-15)9-15)13-2-1-12(10-17-13)19-5-3-16-4-6-19/h1-2,10-11,16H,3-9H2,(H,18,20). The molecule has 0 aromatic carbocycles. The van der Waals surface area contributed by atoms with Gasteiger partial charge >= 0.3 is 0 Å². The smallest absolute Gasteiger partial charge is 0.270 e. The Bertz CT molecular complexity index is 504. The van der Waals surface area contributed by atoms with Gasteiger partial charge in [-0.1, -0.05) is 0 Å². The van der Waals surface area contributed by atoms with E-state index in [4.69, 9.17) is 0 Å². The molecule has 0 radical (unpaired) electrons. The normalized spacial score (nSPS) is 31.2. The summed E-state index contributed by atoms with van der Waals surface area (Å²) in [5.41, 5.74) is 1.77. The van der Waals surface area contributed by atoms with E-state index in [-0.39, 0.29) is 11.4 Å². The van der Waals surface area contributed by atoms with Crippen LogP contribution >= 0.6 is 0 Å². The van der Waals surface area contributed by atoms with E-state index in [9.17, 15) is 4.79 Å². The van der Waals surface area contributed by atoms with Crippen molar-refractivity contribution in [2.45, 2.75) is 24.8 Å². The minimum atomic E-state index is -0.0185. The van der Waals surface area contributed by atoms with Gasteiger partial charge in [0, 0.05) is 31.7 Å². The number of anilines is 1. The molecule has 106 valence electrons. The lowest BCUT2D eigenvalue weighted by molar-refractivity contribution is -0.0439. The molecule has 2 bridgehead atoms. The molecule has 1 aliphatic heterocycles. The van der Waals surface area contributed by atoms with E-state index < -0.39 is 0 Å². The van der Waals surface area contributed by atoms with Gasteiger partial charge in [-0.25, -0.2) is 4.98 Å². The number of pyridine rings is 1. The first kappa shape index (κ1) is 12.1. The summed E-state index contributed by atoms with van der Waals surface area (Å²) >= 11 is 0. The van der Waals surface area contributed by atoms with Gasteiger partial charge in [0.15, 0.2) is 0 Å². The Balaban J connectivity index is 1.42. The summed E-state index contributed by atoms with van der Waals surface area (Å²) in [6, 6.07) is 3.85. The minimum absolute atomic E-state index is 0.0185. The number of amides is 1. The Morgan fingerprint density at radius 2 is 2.05 bits per heavy atom. The van der Waals surface area contributed by atoms with Crippen molar-refractivity contribution in [3.05, 3.63) is 24.0 Å². The van der Waals surface area contributed by atoms with Crippen molar-refractivity contribution in [2.75, 3.05) is 31.1 Å². The molecular formula is C15H20N4O. The number of carbonyl (C=O) groups excluding carboxylic acids is 1. The van der Waals surface area contributed by atoms with Crippen LogP contribution in [0.25, 0.3) is 0 Å². The van der Waals surface area contributed by atoms with Crippen molar-refractivity contribution < 1.29 is 4.79 Å². The van der Waals surface area contributed by atoms with Crippen molar-refractivity contribution in [1.29, 1.82) is 0 Å². The molecule has 4 fully saturated rings. The summed E-state index contributed by atoms with van der Waals surface area (Å²) in [5.74, 6) is 0.855. The first-order chi connectivity index (χ1) is 9.74. The van der Waals surface area contributed by atoms with Crippen LogP contribution in [-0.2, 0) is 0 Å². The number of piperazine rings is 1. The summed E-state index contributed by atoms with van der Waals surface area (Å²) in [7, 11) is 0. The Kier molecular flexibility index (Phi) is 2.70. The Morgan fingerprint density at radius 3 is 2.60 bits per heavy atom. The summed E-state index contributed by atoms with van der Waals surface area (Å²) in [6.07, 6.45) is 5.31. The number of hydrogen-bond acceptors (Lipinski definition) is 4. The van der Waals surface area contributed by atoms with Gasteiger partial charge in [0.25, 0.3) is 5.91 Å². The zero-order valence-electron chi connectivity index (χ0n) is 11.6. The topological polar surface area (TPSA) is 57.3 Å². The van der Waals surface area contributed by atoms with Crippen LogP contribution in [0, 0.1) is 5.92 Å². The van der Waals surface area contributed by atoms with Gasteiger partial charge in [0.1, 0.15) is 5.69 Å². The molecular weight excluding hydrogens is 252 g/mol. The Labute approximate surface area is 118 Å². The maximum absolute atomic E-state index is 12.2. The molecule has 1 aromatic heterocycles. The van der Waals surface area contributed by atoms with Crippen LogP contribution in [0.15, 0.2) is 18.3 Å². The maximum atomic E-state index is 12.2. The zero-order valence-corrected chi connectivity index (χ0v) is 11.6. The van der Waals surface area contributed by atoms with Crippen molar-refractivity contribution in [3.8, 4) is 0 Å². The maximum Gasteiger partial charge on any atom is 0.270 e. The fraction of sp³-hybridized carbons (Fsp3) is 0.600. The third-order valence-corrected chi connectivity index (χ3v) is 4.88. The van der Waals surface area contributed by atoms with Crippen molar-refractivity contribution in [3.63, 3.8) is 0 Å².